The molecule has 0 saturated carbocycles. The molecule has 4 heteroatoms. The molecule has 0 aromatic rings. The van der Waals surface area contributed by atoms with E-state index in [-0.39, 0.29) is 0 Å². The number of unbranched alkanes of at least 4 members (excludes halogenated alkanes) is 2. The maximum absolute atomic E-state index is 5.24. The largest absolute Gasteiger partial charge is 0.449 e. The molecule has 0 N–H and O–H groups in total. The summed E-state index contributed by atoms with van der Waals surface area (Å²) in [5.74, 6) is 0. The molecular weight excluding hydrogens is 148 g/mol. The highest BCUT2D eigenvalue weighted by atomic mass is 28.3. The van der Waals surface area contributed by atoms with E-state index in [2.05, 4.69) is 6.92 Å². The predicted octanol–water partition coefficient (Wildman–Crippen LogP) is -0.511. The molecule has 0 aliphatic carbocycles. The molecule has 0 aromatic carbocycles. The van der Waals surface area contributed by atoms with Gasteiger partial charge in [-0.3, -0.25) is 0 Å². The van der Waals surface area contributed by atoms with E-state index >= 15 is 0 Å². The van der Waals surface area contributed by atoms with Crippen LogP contribution < -0.4 is 0 Å². The van der Waals surface area contributed by atoms with Gasteiger partial charge < -0.3 is 8.54 Å². The third-order valence-corrected chi connectivity index (χ3v) is 2.49. The Morgan fingerprint density at radius 1 is 1.44 bits per heavy atom. The van der Waals surface area contributed by atoms with Gasteiger partial charge in [0.15, 0.2) is 0 Å². The van der Waals surface area contributed by atoms with E-state index < -0.39 is 10.0 Å². The number of hydrogen-bond donors (Lipinski definition) is 0. The molecule has 0 amide bonds. The van der Waals surface area contributed by atoms with Crippen molar-refractivity contribution >= 4 is 20.5 Å². The highest BCUT2D eigenvalue weighted by Gasteiger charge is 1.85. The van der Waals surface area contributed by atoms with Crippen LogP contribution in [0.3, 0.4) is 0 Å². The summed E-state index contributed by atoms with van der Waals surface area (Å²) >= 11 is 0. The number of hydrogen-bond acceptors (Lipinski definition) is 2. The van der Waals surface area contributed by atoms with Crippen LogP contribution in [0.15, 0.2) is 0 Å². The van der Waals surface area contributed by atoms with Crippen LogP contribution in [-0.2, 0) is 8.54 Å². The summed E-state index contributed by atoms with van der Waals surface area (Å²) in [7, 11) is 0.300. The first-order chi connectivity index (χ1) is 4.41. The molecule has 0 radical (unpaired) electrons. The summed E-state index contributed by atoms with van der Waals surface area (Å²) in [5.41, 5.74) is 0. The Balaban J connectivity index is 2.60. The molecule has 9 heavy (non-hydrogen) atoms. The molecule has 0 bridgehead atoms. The van der Waals surface area contributed by atoms with Crippen LogP contribution >= 0.6 is 0 Å². The smallest absolute Gasteiger partial charge is 0.293 e. The molecule has 0 atom stereocenters. The average Bonchev–Trinajstić information content (AvgIpc) is 1.89. The molecule has 0 unspecified atom stereocenters. The van der Waals surface area contributed by atoms with Gasteiger partial charge in [0.2, 0.25) is 0 Å². The van der Waals surface area contributed by atoms with Gasteiger partial charge in [-0.15, -0.1) is 0 Å². The van der Waals surface area contributed by atoms with Crippen LogP contribution in [0.5, 0.6) is 0 Å². The van der Waals surface area contributed by atoms with Crippen molar-refractivity contribution in [2.24, 2.45) is 0 Å². The predicted molar refractivity (Wildman–Crippen MR) is 45.0 cm³/mol. The highest BCUT2D eigenvalue weighted by molar-refractivity contribution is 6.27. The summed E-state index contributed by atoms with van der Waals surface area (Å²) in [6.45, 7) is 3.11. The Morgan fingerprint density at radius 2 is 2.22 bits per heavy atom. The lowest BCUT2D eigenvalue weighted by Gasteiger charge is -1.99. The summed E-state index contributed by atoms with van der Waals surface area (Å²) < 4.78 is 10.2. The van der Waals surface area contributed by atoms with Crippen molar-refractivity contribution in [1.29, 1.82) is 0 Å². The third kappa shape index (κ3) is 8.35. The Hall–Kier alpha value is 0.354. The van der Waals surface area contributed by atoms with Crippen LogP contribution in [0.1, 0.15) is 26.2 Å². The zero-order valence-corrected chi connectivity index (χ0v) is 9.77. The van der Waals surface area contributed by atoms with Gasteiger partial charge >= 0.3 is 0 Å². The Kier molecular flexibility index (Phi) is 8.68. The normalized spacial score (nSPS) is 11.7. The van der Waals surface area contributed by atoms with Crippen molar-refractivity contribution in [3.63, 3.8) is 0 Å². The molecule has 2 nitrogen and oxygen atoms in total. The van der Waals surface area contributed by atoms with E-state index in [9.17, 15) is 0 Å². The van der Waals surface area contributed by atoms with Crippen LogP contribution in [0, 0.1) is 0 Å². The minimum absolute atomic E-state index is 0.545. The maximum Gasteiger partial charge on any atom is 0.293 e. The van der Waals surface area contributed by atoms with Crippen molar-refractivity contribution < 1.29 is 8.54 Å². The lowest BCUT2D eigenvalue weighted by Crippen LogP contribution is -2.03. The molecule has 0 heterocycles. The lowest BCUT2D eigenvalue weighted by molar-refractivity contribution is 0.285. The van der Waals surface area contributed by atoms with Gasteiger partial charge in [-0.05, 0) is 6.42 Å². The van der Waals surface area contributed by atoms with Crippen molar-refractivity contribution in [2.45, 2.75) is 26.2 Å². The first-order valence-corrected chi connectivity index (χ1v) is 5.45. The lowest BCUT2D eigenvalue weighted by atomic mass is 10.3. The van der Waals surface area contributed by atoms with E-state index in [4.69, 9.17) is 8.54 Å². The minimum atomic E-state index is -0.545. The molecule has 0 fully saturated rings. The summed E-state index contributed by atoms with van der Waals surface area (Å²) in [6, 6.07) is 0. The second kappa shape index (κ2) is 8.35. The van der Waals surface area contributed by atoms with Crippen LogP contribution in [0.2, 0.25) is 0 Å². The van der Waals surface area contributed by atoms with Gasteiger partial charge in [0.1, 0.15) is 10.5 Å². The fraction of sp³-hybridized carbons (Fsp3) is 1.00. The van der Waals surface area contributed by atoms with Gasteiger partial charge in [-0.1, -0.05) is 19.8 Å². The molecule has 0 rings (SSSR count). The van der Waals surface area contributed by atoms with Gasteiger partial charge in [-0.25, -0.2) is 0 Å². The van der Waals surface area contributed by atoms with Crippen molar-refractivity contribution in [3.05, 3.63) is 0 Å². The first-order valence-electron chi connectivity index (χ1n) is 3.48. The Labute approximate surface area is 62.5 Å². The van der Waals surface area contributed by atoms with Crippen LogP contribution in [0.4, 0.5) is 0 Å². The molecular formula is C5H16O2Si2. The van der Waals surface area contributed by atoms with E-state index in [1.807, 2.05) is 0 Å². The fourth-order valence-electron chi connectivity index (χ4n) is 0.596. The van der Waals surface area contributed by atoms with Crippen molar-refractivity contribution in [2.75, 3.05) is 6.61 Å². The second-order valence-corrected chi connectivity index (χ2v) is 4.98. The minimum Gasteiger partial charge on any atom is -0.449 e. The third-order valence-electron chi connectivity index (χ3n) is 1.09. The van der Waals surface area contributed by atoms with Crippen molar-refractivity contribution in [3.8, 4) is 0 Å². The first kappa shape index (κ1) is 9.35. The van der Waals surface area contributed by atoms with Crippen LogP contribution in [0.25, 0.3) is 0 Å². The van der Waals surface area contributed by atoms with E-state index in [0.29, 0.717) is 0 Å². The van der Waals surface area contributed by atoms with Crippen molar-refractivity contribution in [1.82, 2.24) is 0 Å². The van der Waals surface area contributed by atoms with Gasteiger partial charge in [-0.2, -0.15) is 0 Å². The molecule has 0 aliphatic heterocycles. The molecule has 0 saturated heterocycles. The van der Waals surface area contributed by atoms with E-state index in [1.54, 1.807) is 0 Å². The monoisotopic (exact) mass is 164 g/mol. The zero-order valence-electron chi connectivity index (χ0n) is 6.35. The quantitative estimate of drug-likeness (QED) is 0.389. The Morgan fingerprint density at radius 3 is 2.78 bits per heavy atom. The maximum atomic E-state index is 5.24. The standard InChI is InChI=1S/C5H16O2Si2/c1-2-3-4-5-6-9-7-8/h2-5,9H2,1,8H3. The average molecular weight is 164 g/mol. The Bertz CT molecular complexity index is 46.2. The summed E-state index contributed by atoms with van der Waals surface area (Å²) in [4.78, 5) is 0. The van der Waals surface area contributed by atoms with Crippen LogP contribution in [-0.4, -0.2) is 27.1 Å². The molecule has 0 aliphatic rings. The second-order valence-electron chi connectivity index (χ2n) is 2.02. The van der Waals surface area contributed by atoms with Gasteiger partial charge in [0, 0.05) is 6.61 Å². The van der Waals surface area contributed by atoms with Gasteiger partial charge in [0.05, 0.1) is 0 Å². The molecule has 0 aromatic heterocycles. The SMILES string of the molecule is CCCCCO[SiH2]O[SiH3]. The van der Waals surface area contributed by atoms with Gasteiger partial charge in [0.25, 0.3) is 10.0 Å². The number of rotatable bonds is 6. The summed E-state index contributed by atoms with van der Waals surface area (Å²) in [6.07, 6.45) is 3.76. The topological polar surface area (TPSA) is 18.5 Å². The zero-order chi connectivity index (χ0) is 6.95. The van der Waals surface area contributed by atoms with E-state index in [1.165, 1.54) is 19.3 Å². The molecule has 56 valence electrons. The fourth-order valence-corrected chi connectivity index (χ4v) is 1.59. The summed E-state index contributed by atoms with van der Waals surface area (Å²) in [5, 5.41) is 0. The highest BCUT2D eigenvalue weighted by Crippen LogP contribution is 1.92. The molecule has 0 spiro atoms. The van der Waals surface area contributed by atoms with E-state index in [0.717, 1.165) is 17.1 Å².